The number of benzene rings is 1. The summed E-state index contributed by atoms with van der Waals surface area (Å²) in [5, 5.41) is 7.31. The van der Waals surface area contributed by atoms with Crippen molar-refractivity contribution >= 4 is 16.9 Å². The first-order chi connectivity index (χ1) is 7.72. The standard InChI is InChI=1S/C13H16N2S/c1-2-3-4-6-11-7-5-8-12(9-11)10-16-13(14)15/h5,7-9H,2,6,10H2,1H3,(H3,14,15). The zero-order valence-electron chi connectivity index (χ0n) is 9.42. The quantitative estimate of drug-likeness (QED) is 0.478. The molecule has 1 aromatic carbocycles. The molecule has 84 valence electrons. The summed E-state index contributed by atoms with van der Waals surface area (Å²) >= 11 is 1.35. The van der Waals surface area contributed by atoms with Crippen LogP contribution in [0.25, 0.3) is 0 Å². The first-order valence-corrected chi connectivity index (χ1v) is 6.21. The third kappa shape index (κ3) is 4.90. The normalized spacial score (nSPS) is 9.31. The summed E-state index contributed by atoms with van der Waals surface area (Å²) in [6, 6.07) is 8.28. The number of amidine groups is 1. The van der Waals surface area contributed by atoms with E-state index >= 15 is 0 Å². The SMILES string of the molecule is CCC#CCc1cccc(CSC(=N)N)c1. The van der Waals surface area contributed by atoms with Crippen molar-refractivity contribution in [1.29, 1.82) is 5.41 Å². The second kappa shape index (κ2) is 6.97. The molecule has 0 aromatic heterocycles. The third-order valence-electron chi connectivity index (χ3n) is 1.98. The monoisotopic (exact) mass is 232 g/mol. The molecule has 0 heterocycles. The minimum Gasteiger partial charge on any atom is -0.379 e. The maximum absolute atomic E-state index is 7.15. The van der Waals surface area contributed by atoms with Crippen LogP contribution >= 0.6 is 11.8 Å². The van der Waals surface area contributed by atoms with E-state index in [2.05, 4.69) is 24.0 Å². The van der Waals surface area contributed by atoms with Gasteiger partial charge in [0.25, 0.3) is 0 Å². The van der Waals surface area contributed by atoms with Gasteiger partial charge in [-0.25, -0.2) is 0 Å². The van der Waals surface area contributed by atoms with Crippen LogP contribution in [-0.4, -0.2) is 5.17 Å². The van der Waals surface area contributed by atoms with E-state index in [9.17, 15) is 0 Å². The van der Waals surface area contributed by atoms with Crippen LogP contribution < -0.4 is 5.73 Å². The summed E-state index contributed by atoms with van der Waals surface area (Å²) < 4.78 is 0. The van der Waals surface area contributed by atoms with E-state index < -0.39 is 0 Å². The lowest BCUT2D eigenvalue weighted by atomic mass is 10.1. The van der Waals surface area contributed by atoms with Gasteiger partial charge < -0.3 is 5.73 Å². The number of hydrogen-bond acceptors (Lipinski definition) is 2. The van der Waals surface area contributed by atoms with Gasteiger partial charge in [-0.05, 0) is 11.1 Å². The van der Waals surface area contributed by atoms with Gasteiger partial charge in [0.2, 0.25) is 0 Å². The average molecular weight is 232 g/mol. The van der Waals surface area contributed by atoms with Gasteiger partial charge in [0, 0.05) is 18.6 Å². The zero-order valence-corrected chi connectivity index (χ0v) is 10.2. The Morgan fingerprint density at radius 1 is 1.38 bits per heavy atom. The number of rotatable bonds is 3. The van der Waals surface area contributed by atoms with Crippen molar-refractivity contribution in [1.82, 2.24) is 0 Å². The zero-order chi connectivity index (χ0) is 11.8. The highest BCUT2D eigenvalue weighted by atomic mass is 32.2. The Labute approximate surface area is 101 Å². The fraction of sp³-hybridized carbons (Fsp3) is 0.308. The van der Waals surface area contributed by atoms with E-state index in [1.807, 2.05) is 19.1 Å². The molecule has 0 amide bonds. The van der Waals surface area contributed by atoms with Gasteiger partial charge in [0.15, 0.2) is 5.17 Å². The molecule has 0 bridgehead atoms. The molecule has 16 heavy (non-hydrogen) atoms. The van der Waals surface area contributed by atoms with Gasteiger partial charge in [-0.15, -0.1) is 5.92 Å². The van der Waals surface area contributed by atoms with Crippen molar-refractivity contribution in [3.05, 3.63) is 35.4 Å². The molecule has 0 aliphatic carbocycles. The summed E-state index contributed by atoms with van der Waals surface area (Å²) in [6.45, 7) is 2.05. The van der Waals surface area contributed by atoms with Crippen LogP contribution in [0.4, 0.5) is 0 Å². The molecule has 1 aromatic rings. The predicted molar refractivity (Wildman–Crippen MR) is 71.4 cm³/mol. The van der Waals surface area contributed by atoms with Crippen LogP contribution in [0.15, 0.2) is 24.3 Å². The van der Waals surface area contributed by atoms with Gasteiger partial charge in [-0.1, -0.05) is 48.9 Å². The first-order valence-electron chi connectivity index (χ1n) is 5.22. The van der Waals surface area contributed by atoms with E-state index in [-0.39, 0.29) is 5.17 Å². The van der Waals surface area contributed by atoms with E-state index in [4.69, 9.17) is 11.1 Å². The van der Waals surface area contributed by atoms with Crippen molar-refractivity contribution in [2.45, 2.75) is 25.5 Å². The van der Waals surface area contributed by atoms with Gasteiger partial charge in [-0.3, -0.25) is 5.41 Å². The van der Waals surface area contributed by atoms with Crippen LogP contribution in [0.3, 0.4) is 0 Å². The second-order valence-electron chi connectivity index (χ2n) is 3.36. The number of nitrogens with one attached hydrogen (secondary N) is 1. The molecular weight excluding hydrogens is 216 g/mol. The maximum Gasteiger partial charge on any atom is 0.151 e. The largest absolute Gasteiger partial charge is 0.379 e. The highest BCUT2D eigenvalue weighted by Gasteiger charge is 1.97. The Kier molecular flexibility index (Phi) is 5.52. The molecule has 0 saturated carbocycles. The molecule has 0 atom stereocenters. The van der Waals surface area contributed by atoms with Gasteiger partial charge in [0.1, 0.15) is 0 Å². The van der Waals surface area contributed by atoms with Crippen molar-refractivity contribution in [2.24, 2.45) is 5.73 Å². The highest BCUT2D eigenvalue weighted by Crippen LogP contribution is 2.13. The summed E-state index contributed by atoms with van der Waals surface area (Å²) in [5.74, 6) is 6.93. The second-order valence-corrected chi connectivity index (χ2v) is 4.37. The summed E-state index contributed by atoms with van der Waals surface area (Å²) in [6.07, 6.45) is 1.70. The number of hydrogen-bond donors (Lipinski definition) is 2. The maximum atomic E-state index is 7.15. The molecule has 0 unspecified atom stereocenters. The molecule has 0 spiro atoms. The molecule has 0 aliphatic heterocycles. The molecule has 3 heteroatoms. The lowest BCUT2D eigenvalue weighted by Gasteiger charge is -2.02. The third-order valence-corrected chi connectivity index (χ3v) is 2.77. The molecule has 2 nitrogen and oxygen atoms in total. The Bertz CT molecular complexity index is 415. The lowest BCUT2D eigenvalue weighted by Crippen LogP contribution is -2.03. The first kappa shape index (κ1) is 12.7. The summed E-state index contributed by atoms with van der Waals surface area (Å²) in [5.41, 5.74) is 7.72. The fourth-order valence-corrected chi connectivity index (χ4v) is 1.78. The Balaban J connectivity index is 2.60. The molecule has 1 rings (SSSR count). The van der Waals surface area contributed by atoms with Crippen molar-refractivity contribution < 1.29 is 0 Å². The van der Waals surface area contributed by atoms with Crippen LogP contribution in [0, 0.1) is 17.3 Å². The van der Waals surface area contributed by atoms with Crippen molar-refractivity contribution in [3.8, 4) is 11.8 Å². The van der Waals surface area contributed by atoms with Crippen LogP contribution in [0.1, 0.15) is 24.5 Å². The smallest absolute Gasteiger partial charge is 0.151 e. The van der Waals surface area contributed by atoms with Gasteiger partial charge in [0.05, 0.1) is 0 Å². The van der Waals surface area contributed by atoms with Crippen LogP contribution in [0.2, 0.25) is 0 Å². The Morgan fingerprint density at radius 3 is 2.81 bits per heavy atom. The van der Waals surface area contributed by atoms with Gasteiger partial charge in [-0.2, -0.15) is 0 Å². The number of thioether (sulfide) groups is 1. The Morgan fingerprint density at radius 2 is 2.12 bits per heavy atom. The summed E-state index contributed by atoms with van der Waals surface area (Å²) in [4.78, 5) is 0. The Hall–Kier alpha value is -1.40. The van der Waals surface area contributed by atoms with Crippen LogP contribution in [-0.2, 0) is 12.2 Å². The molecular formula is C13H16N2S. The van der Waals surface area contributed by atoms with E-state index in [1.54, 1.807) is 0 Å². The van der Waals surface area contributed by atoms with E-state index in [1.165, 1.54) is 22.9 Å². The average Bonchev–Trinajstić information content (AvgIpc) is 2.27. The predicted octanol–water partition coefficient (Wildman–Crippen LogP) is 2.77. The fourth-order valence-electron chi connectivity index (χ4n) is 1.28. The highest BCUT2D eigenvalue weighted by molar-refractivity contribution is 8.13. The lowest BCUT2D eigenvalue weighted by molar-refractivity contribution is 1.24. The molecule has 0 fully saturated rings. The molecule has 0 saturated heterocycles. The van der Waals surface area contributed by atoms with Crippen molar-refractivity contribution in [2.75, 3.05) is 0 Å². The molecule has 0 radical (unpaired) electrons. The number of nitrogens with two attached hydrogens (primary N) is 1. The molecule has 0 aliphatic rings. The van der Waals surface area contributed by atoms with Gasteiger partial charge >= 0.3 is 0 Å². The molecule has 3 N–H and O–H groups in total. The minimum absolute atomic E-state index is 0.163. The minimum atomic E-state index is 0.163. The van der Waals surface area contributed by atoms with Crippen molar-refractivity contribution in [3.63, 3.8) is 0 Å². The topological polar surface area (TPSA) is 49.9 Å². The van der Waals surface area contributed by atoms with E-state index in [0.717, 1.165) is 18.6 Å². The van der Waals surface area contributed by atoms with Crippen LogP contribution in [0.5, 0.6) is 0 Å². The summed E-state index contributed by atoms with van der Waals surface area (Å²) in [7, 11) is 0. The van der Waals surface area contributed by atoms with E-state index in [0.29, 0.717) is 0 Å².